The monoisotopic (exact) mass is 243 g/mol. The number of anilines is 2. The van der Waals surface area contributed by atoms with Gasteiger partial charge in [-0.1, -0.05) is 12.1 Å². The Morgan fingerprint density at radius 3 is 2.61 bits per heavy atom. The van der Waals surface area contributed by atoms with Crippen LogP contribution < -0.4 is 16.4 Å². The number of aromatic nitrogens is 2. The fourth-order valence-electron chi connectivity index (χ4n) is 2.44. The molecule has 2 aromatic rings. The number of fused-ring (bicyclic) bond motifs is 1. The molecule has 1 aromatic carbocycles. The summed E-state index contributed by atoms with van der Waals surface area (Å²) in [6, 6.07) is 7.97. The summed E-state index contributed by atoms with van der Waals surface area (Å²) in [4.78, 5) is 11.2. The topological polar surface area (TPSA) is 81.1 Å². The van der Waals surface area contributed by atoms with E-state index >= 15 is 0 Å². The lowest BCUT2D eigenvalue weighted by atomic mass is 10.1. The highest BCUT2D eigenvalue weighted by Crippen LogP contribution is 2.24. The standard InChI is InChI=1S/C13H17N5/c14-9-4-3-7-18(8-9)13-12(15)16-10-5-1-2-6-11(10)17-13/h1-2,5-6,9H,3-4,7-8,14H2,(H2,15,16)/t9-/m0/s1. The van der Waals surface area contributed by atoms with E-state index in [4.69, 9.17) is 11.5 Å². The van der Waals surface area contributed by atoms with E-state index in [1.165, 1.54) is 0 Å². The molecule has 1 aliphatic heterocycles. The molecular formula is C13H17N5. The Morgan fingerprint density at radius 2 is 1.89 bits per heavy atom. The first-order valence-corrected chi connectivity index (χ1v) is 6.27. The van der Waals surface area contributed by atoms with Gasteiger partial charge in [-0.05, 0) is 25.0 Å². The minimum Gasteiger partial charge on any atom is -0.381 e. The summed E-state index contributed by atoms with van der Waals surface area (Å²) in [5, 5.41) is 0. The Morgan fingerprint density at radius 1 is 1.17 bits per heavy atom. The van der Waals surface area contributed by atoms with Crippen LogP contribution in [-0.4, -0.2) is 29.1 Å². The van der Waals surface area contributed by atoms with E-state index in [-0.39, 0.29) is 6.04 Å². The molecule has 4 N–H and O–H groups in total. The molecule has 1 saturated heterocycles. The molecule has 5 nitrogen and oxygen atoms in total. The normalized spacial score (nSPS) is 20.3. The van der Waals surface area contributed by atoms with E-state index < -0.39 is 0 Å². The summed E-state index contributed by atoms with van der Waals surface area (Å²) in [6.45, 7) is 1.75. The van der Waals surface area contributed by atoms with Crippen LogP contribution in [0.3, 0.4) is 0 Å². The summed E-state index contributed by atoms with van der Waals surface area (Å²) in [6.07, 6.45) is 2.15. The minimum absolute atomic E-state index is 0.200. The molecule has 94 valence electrons. The van der Waals surface area contributed by atoms with Gasteiger partial charge in [0.2, 0.25) is 0 Å². The average Bonchev–Trinajstić information content (AvgIpc) is 2.38. The van der Waals surface area contributed by atoms with Gasteiger partial charge in [0.05, 0.1) is 11.0 Å². The fourth-order valence-corrected chi connectivity index (χ4v) is 2.44. The van der Waals surface area contributed by atoms with Crippen molar-refractivity contribution in [3.8, 4) is 0 Å². The molecule has 1 aromatic heterocycles. The first-order valence-electron chi connectivity index (χ1n) is 6.27. The van der Waals surface area contributed by atoms with Gasteiger partial charge in [0.1, 0.15) is 0 Å². The molecule has 0 unspecified atom stereocenters. The zero-order valence-corrected chi connectivity index (χ0v) is 10.2. The smallest absolute Gasteiger partial charge is 0.172 e. The maximum Gasteiger partial charge on any atom is 0.172 e. The van der Waals surface area contributed by atoms with Crippen molar-refractivity contribution in [2.24, 2.45) is 5.73 Å². The Hall–Kier alpha value is -1.88. The number of nitrogen functional groups attached to an aromatic ring is 1. The molecule has 0 radical (unpaired) electrons. The van der Waals surface area contributed by atoms with Gasteiger partial charge in [0, 0.05) is 19.1 Å². The molecular weight excluding hydrogens is 226 g/mol. The van der Waals surface area contributed by atoms with Crippen LogP contribution in [0.5, 0.6) is 0 Å². The molecule has 2 heterocycles. The predicted molar refractivity (Wildman–Crippen MR) is 73.4 cm³/mol. The van der Waals surface area contributed by atoms with Crippen LogP contribution in [0.15, 0.2) is 24.3 Å². The number of benzene rings is 1. The predicted octanol–water partition coefficient (Wildman–Crippen LogP) is 1.14. The molecule has 0 spiro atoms. The molecule has 5 heteroatoms. The number of nitrogens with zero attached hydrogens (tertiary/aromatic N) is 3. The number of nitrogens with two attached hydrogens (primary N) is 2. The lowest BCUT2D eigenvalue weighted by molar-refractivity contribution is 0.503. The second-order valence-corrected chi connectivity index (χ2v) is 4.77. The second-order valence-electron chi connectivity index (χ2n) is 4.77. The molecule has 0 amide bonds. The number of rotatable bonds is 1. The van der Waals surface area contributed by atoms with Crippen molar-refractivity contribution in [2.45, 2.75) is 18.9 Å². The van der Waals surface area contributed by atoms with Gasteiger partial charge in [-0.2, -0.15) is 0 Å². The summed E-state index contributed by atoms with van der Waals surface area (Å²) in [5.41, 5.74) is 13.7. The molecule has 18 heavy (non-hydrogen) atoms. The van der Waals surface area contributed by atoms with Gasteiger partial charge >= 0.3 is 0 Å². The van der Waals surface area contributed by atoms with Crippen molar-refractivity contribution in [2.75, 3.05) is 23.7 Å². The zero-order valence-electron chi connectivity index (χ0n) is 10.2. The molecule has 1 atom stereocenters. The minimum atomic E-state index is 0.200. The van der Waals surface area contributed by atoms with Gasteiger partial charge < -0.3 is 16.4 Å². The quantitative estimate of drug-likeness (QED) is 0.785. The van der Waals surface area contributed by atoms with Crippen LogP contribution in [0.2, 0.25) is 0 Å². The maximum absolute atomic E-state index is 6.01. The van der Waals surface area contributed by atoms with Gasteiger partial charge in [-0.3, -0.25) is 0 Å². The van der Waals surface area contributed by atoms with Crippen LogP contribution >= 0.6 is 0 Å². The van der Waals surface area contributed by atoms with Gasteiger partial charge in [-0.25, -0.2) is 9.97 Å². The molecule has 0 saturated carbocycles. The van der Waals surface area contributed by atoms with E-state index in [0.29, 0.717) is 5.82 Å². The number of para-hydroxylation sites is 2. The van der Waals surface area contributed by atoms with Crippen LogP contribution in [0.4, 0.5) is 11.6 Å². The van der Waals surface area contributed by atoms with Crippen molar-refractivity contribution in [3.63, 3.8) is 0 Å². The Balaban J connectivity index is 2.02. The van der Waals surface area contributed by atoms with Crippen molar-refractivity contribution < 1.29 is 0 Å². The molecule has 1 fully saturated rings. The van der Waals surface area contributed by atoms with Crippen LogP contribution in [0.25, 0.3) is 11.0 Å². The SMILES string of the molecule is Nc1nc2ccccc2nc1N1CCC[C@H](N)C1. The third-order valence-electron chi connectivity index (χ3n) is 3.34. The van der Waals surface area contributed by atoms with E-state index in [1.54, 1.807) is 0 Å². The van der Waals surface area contributed by atoms with E-state index in [0.717, 1.165) is 42.8 Å². The summed E-state index contributed by atoms with van der Waals surface area (Å²) >= 11 is 0. The molecule has 1 aliphatic rings. The Labute approximate surface area is 106 Å². The van der Waals surface area contributed by atoms with Gasteiger partial charge in [0.15, 0.2) is 11.6 Å². The third kappa shape index (κ3) is 1.97. The van der Waals surface area contributed by atoms with Crippen molar-refractivity contribution in [3.05, 3.63) is 24.3 Å². The van der Waals surface area contributed by atoms with Crippen molar-refractivity contribution >= 4 is 22.7 Å². The highest BCUT2D eigenvalue weighted by molar-refractivity contribution is 5.79. The van der Waals surface area contributed by atoms with Gasteiger partial charge in [0.25, 0.3) is 0 Å². The van der Waals surface area contributed by atoms with E-state index in [2.05, 4.69) is 14.9 Å². The molecule has 0 bridgehead atoms. The Bertz CT molecular complexity index is 568. The van der Waals surface area contributed by atoms with Crippen molar-refractivity contribution in [1.29, 1.82) is 0 Å². The largest absolute Gasteiger partial charge is 0.381 e. The first kappa shape index (κ1) is 11.2. The van der Waals surface area contributed by atoms with Crippen LogP contribution in [-0.2, 0) is 0 Å². The zero-order chi connectivity index (χ0) is 12.5. The molecule has 3 rings (SSSR count). The summed E-state index contributed by atoms with van der Waals surface area (Å²) in [7, 11) is 0. The molecule has 0 aliphatic carbocycles. The summed E-state index contributed by atoms with van der Waals surface area (Å²) in [5.74, 6) is 1.26. The highest BCUT2D eigenvalue weighted by atomic mass is 15.2. The highest BCUT2D eigenvalue weighted by Gasteiger charge is 2.20. The van der Waals surface area contributed by atoms with Crippen molar-refractivity contribution in [1.82, 2.24) is 9.97 Å². The van der Waals surface area contributed by atoms with Crippen LogP contribution in [0.1, 0.15) is 12.8 Å². The van der Waals surface area contributed by atoms with Gasteiger partial charge in [-0.15, -0.1) is 0 Å². The number of piperidine rings is 1. The van der Waals surface area contributed by atoms with Crippen LogP contribution in [0, 0.1) is 0 Å². The third-order valence-corrected chi connectivity index (χ3v) is 3.34. The lowest BCUT2D eigenvalue weighted by Gasteiger charge is -2.32. The van der Waals surface area contributed by atoms with E-state index in [1.807, 2.05) is 24.3 Å². The summed E-state index contributed by atoms with van der Waals surface area (Å²) < 4.78 is 0. The second kappa shape index (κ2) is 4.42. The average molecular weight is 243 g/mol. The van der Waals surface area contributed by atoms with E-state index in [9.17, 15) is 0 Å². The first-order chi connectivity index (χ1) is 8.74. The fraction of sp³-hybridized carbons (Fsp3) is 0.385. The number of hydrogen-bond acceptors (Lipinski definition) is 5. The Kier molecular flexibility index (Phi) is 2.76. The maximum atomic E-state index is 6.01. The number of hydrogen-bond donors (Lipinski definition) is 2. The lowest BCUT2D eigenvalue weighted by Crippen LogP contribution is -2.43.